The minimum Gasteiger partial charge on any atom is -0.395 e. The van der Waals surface area contributed by atoms with E-state index in [-0.39, 0.29) is 17.1 Å². The molecule has 0 aliphatic carbocycles. The molecule has 0 radical (unpaired) electrons. The van der Waals surface area contributed by atoms with Crippen molar-refractivity contribution in [3.05, 3.63) is 40.6 Å². The molecule has 1 aromatic carbocycles. The number of nitrogens with zero attached hydrogens (tertiary/aromatic N) is 1. The van der Waals surface area contributed by atoms with Crippen molar-refractivity contribution >= 4 is 27.0 Å². The summed E-state index contributed by atoms with van der Waals surface area (Å²) in [5.41, 5.74) is 5.03. The third kappa shape index (κ3) is 2.66. The van der Waals surface area contributed by atoms with E-state index in [4.69, 9.17) is 5.73 Å². The van der Waals surface area contributed by atoms with Crippen molar-refractivity contribution in [3.63, 3.8) is 0 Å². The van der Waals surface area contributed by atoms with Crippen molar-refractivity contribution in [1.29, 1.82) is 0 Å². The number of nitrogens with two attached hydrogens (primary N) is 1. The summed E-state index contributed by atoms with van der Waals surface area (Å²) in [6.45, 7) is 0.0515. The van der Waals surface area contributed by atoms with Crippen LogP contribution >= 0.6 is 11.3 Å². The number of halogens is 1. The lowest BCUT2D eigenvalue weighted by Crippen LogP contribution is -2.24. The number of aromatic nitrogens is 1. The Morgan fingerprint density at radius 2 is 2.22 bits per heavy atom. The molecule has 0 aliphatic heterocycles. The van der Waals surface area contributed by atoms with Gasteiger partial charge >= 0.3 is 0 Å². The minimum atomic E-state index is -3.84. The molecule has 0 saturated carbocycles. The highest BCUT2D eigenvalue weighted by Crippen LogP contribution is 2.21. The fourth-order valence-corrected chi connectivity index (χ4v) is 3.10. The molecule has 5 nitrogen and oxygen atoms in total. The van der Waals surface area contributed by atoms with Crippen LogP contribution < -0.4 is 10.5 Å². The maximum absolute atomic E-state index is 13.2. The lowest BCUT2D eigenvalue weighted by molar-refractivity contribution is 0.578. The van der Waals surface area contributed by atoms with Gasteiger partial charge in [-0.2, -0.15) is 0 Å². The summed E-state index contributed by atoms with van der Waals surface area (Å²) in [4.78, 5) is 3.67. The Bertz CT molecular complexity index is 641. The lowest BCUT2D eigenvalue weighted by atomic mass is 10.3. The average molecular weight is 287 g/mol. The predicted molar refractivity (Wildman–Crippen MR) is 67.0 cm³/mol. The van der Waals surface area contributed by atoms with Gasteiger partial charge in [-0.1, -0.05) is 6.07 Å². The third-order valence-corrected chi connectivity index (χ3v) is 4.44. The number of hydrogen-bond acceptors (Lipinski definition) is 5. The lowest BCUT2D eigenvalue weighted by Gasteiger charge is -2.08. The standard InChI is InChI=1S/C10H10FN3O2S2/c11-7-2-1-3-8(10(7)12)18(15,16)14-6-9-13-4-5-17-9/h1-5,14H,6,12H2. The summed E-state index contributed by atoms with van der Waals surface area (Å²) in [6, 6.07) is 3.65. The van der Waals surface area contributed by atoms with Crippen LogP contribution in [0.5, 0.6) is 0 Å². The topological polar surface area (TPSA) is 85.1 Å². The second-order valence-corrected chi connectivity index (χ2v) is 6.12. The summed E-state index contributed by atoms with van der Waals surface area (Å²) in [7, 11) is -3.84. The molecule has 0 spiro atoms. The first-order chi connectivity index (χ1) is 8.50. The van der Waals surface area contributed by atoms with Crippen molar-refractivity contribution in [3.8, 4) is 0 Å². The summed E-state index contributed by atoms with van der Waals surface area (Å²) in [5.74, 6) is -0.757. The number of hydrogen-bond donors (Lipinski definition) is 2. The fraction of sp³-hybridized carbons (Fsp3) is 0.100. The zero-order valence-corrected chi connectivity index (χ0v) is 10.8. The van der Waals surface area contributed by atoms with Crippen molar-refractivity contribution in [2.24, 2.45) is 0 Å². The normalized spacial score (nSPS) is 11.6. The number of anilines is 1. The van der Waals surface area contributed by atoms with Crippen LogP contribution in [0.25, 0.3) is 0 Å². The fourth-order valence-electron chi connectivity index (χ4n) is 1.33. The number of rotatable bonds is 4. The third-order valence-electron chi connectivity index (χ3n) is 2.20. The van der Waals surface area contributed by atoms with Gasteiger partial charge in [0, 0.05) is 11.6 Å². The number of sulfonamides is 1. The molecular formula is C10H10FN3O2S2. The van der Waals surface area contributed by atoms with Gasteiger partial charge in [0.2, 0.25) is 10.0 Å². The zero-order chi connectivity index (χ0) is 13.2. The Morgan fingerprint density at radius 1 is 1.44 bits per heavy atom. The highest BCUT2D eigenvalue weighted by atomic mass is 32.2. The Kier molecular flexibility index (Phi) is 3.60. The first-order valence-corrected chi connectivity index (χ1v) is 7.29. The van der Waals surface area contributed by atoms with E-state index in [0.29, 0.717) is 5.01 Å². The Labute approximate surface area is 108 Å². The number of thiazole rings is 1. The molecule has 2 aromatic rings. The average Bonchev–Trinajstić information content (AvgIpc) is 2.83. The zero-order valence-electron chi connectivity index (χ0n) is 9.13. The molecule has 0 aliphatic rings. The molecule has 0 amide bonds. The largest absolute Gasteiger partial charge is 0.395 e. The minimum absolute atomic E-state index is 0.0515. The molecule has 1 aromatic heterocycles. The van der Waals surface area contributed by atoms with Gasteiger partial charge in [0.05, 0.1) is 12.2 Å². The van der Waals surface area contributed by atoms with Gasteiger partial charge in [0.1, 0.15) is 15.7 Å². The molecule has 96 valence electrons. The van der Waals surface area contributed by atoms with Crippen LogP contribution in [0, 0.1) is 5.82 Å². The SMILES string of the molecule is Nc1c(F)cccc1S(=O)(=O)NCc1nccs1. The molecular weight excluding hydrogens is 277 g/mol. The highest BCUT2D eigenvalue weighted by molar-refractivity contribution is 7.89. The van der Waals surface area contributed by atoms with E-state index >= 15 is 0 Å². The smallest absolute Gasteiger partial charge is 0.243 e. The van der Waals surface area contributed by atoms with E-state index in [1.54, 1.807) is 11.6 Å². The van der Waals surface area contributed by atoms with Crippen LogP contribution in [0.1, 0.15) is 5.01 Å². The van der Waals surface area contributed by atoms with E-state index in [0.717, 1.165) is 6.07 Å². The van der Waals surface area contributed by atoms with Gasteiger partial charge in [-0.05, 0) is 12.1 Å². The summed E-state index contributed by atoms with van der Waals surface area (Å²) >= 11 is 1.32. The molecule has 0 saturated heterocycles. The molecule has 3 N–H and O–H groups in total. The summed E-state index contributed by atoms with van der Waals surface area (Å²) in [5, 5.41) is 2.36. The van der Waals surface area contributed by atoms with Crippen LogP contribution in [0.15, 0.2) is 34.7 Å². The number of nitrogen functional groups attached to an aromatic ring is 1. The molecule has 0 unspecified atom stereocenters. The van der Waals surface area contributed by atoms with Crippen molar-refractivity contribution in [1.82, 2.24) is 9.71 Å². The monoisotopic (exact) mass is 287 g/mol. The van der Waals surface area contributed by atoms with E-state index in [9.17, 15) is 12.8 Å². The molecule has 0 bridgehead atoms. The quantitative estimate of drug-likeness (QED) is 0.831. The Morgan fingerprint density at radius 3 is 2.89 bits per heavy atom. The Hall–Kier alpha value is -1.51. The van der Waals surface area contributed by atoms with Crippen LogP contribution in [-0.2, 0) is 16.6 Å². The first kappa shape index (κ1) is 12.9. The highest BCUT2D eigenvalue weighted by Gasteiger charge is 2.19. The van der Waals surface area contributed by atoms with Crippen LogP contribution in [0.3, 0.4) is 0 Å². The van der Waals surface area contributed by atoms with Gasteiger partial charge in [-0.15, -0.1) is 11.3 Å². The predicted octanol–water partition coefficient (Wildman–Crippen LogP) is 1.34. The van der Waals surface area contributed by atoms with E-state index < -0.39 is 15.8 Å². The van der Waals surface area contributed by atoms with E-state index in [2.05, 4.69) is 9.71 Å². The summed E-state index contributed by atoms with van der Waals surface area (Å²) in [6.07, 6.45) is 1.57. The van der Waals surface area contributed by atoms with Crippen molar-refractivity contribution < 1.29 is 12.8 Å². The second-order valence-electron chi connectivity index (χ2n) is 3.40. The molecule has 0 fully saturated rings. The molecule has 18 heavy (non-hydrogen) atoms. The molecule has 8 heteroatoms. The van der Waals surface area contributed by atoms with Gasteiger partial charge in [-0.25, -0.2) is 22.5 Å². The van der Waals surface area contributed by atoms with Crippen molar-refractivity contribution in [2.45, 2.75) is 11.4 Å². The number of para-hydroxylation sites is 1. The van der Waals surface area contributed by atoms with Gasteiger partial charge in [0.25, 0.3) is 0 Å². The van der Waals surface area contributed by atoms with Crippen LogP contribution in [0.2, 0.25) is 0 Å². The maximum Gasteiger partial charge on any atom is 0.243 e. The number of nitrogens with one attached hydrogen (secondary N) is 1. The molecule has 2 rings (SSSR count). The summed E-state index contributed by atoms with van der Waals surface area (Å²) < 4.78 is 39.4. The maximum atomic E-state index is 13.2. The van der Waals surface area contributed by atoms with Crippen LogP contribution in [0.4, 0.5) is 10.1 Å². The van der Waals surface area contributed by atoms with Gasteiger partial charge < -0.3 is 5.73 Å². The van der Waals surface area contributed by atoms with E-state index in [1.807, 2.05) is 0 Å². The van der Waals surface area contributed by atoms with Crippen LogP contribution in [-0.4, -0.2) is 13.4 Å². The first-order valence-electron chi connectivity index (χ1n) is 4.93. The molecule has 1 heterocycles. The van der Waals surface area contributed by atoms with Crippen molar-refractivity contribution in [2.75, 3.05) is 5.73 Å². The van der Waals surface area contributed by atoms with Gasteiger partial charge in [0.15, 0.2) is 0 Å². The van der Waals surface area contributed by atoms with E-state index in [1.165, 1.54) is 23.5 Å². The number of benzene rings is 1. The molecule has 0 atom stereocenters. The second kappa shape index (κ2) is 5.01. The Balaban J connectivity index is 2.23. The van der Waals surface area contributed by atoms with Gasteiger partial charge in [-0.3, -0.25) is 0 Å².